The molecule has 5 heteroatoms. The number of β-amino-alcohol motifs (C(OH)–C–C–N with tert-alkyl or cyclic N) is 1. The average Bonchev–Trinajstić information content (AvgIpc) is 2.56. The fourth-order valence-corrected chi connectivity index (χ4v) is 2.85. The van der Waals surface area contributed by atoms with Crippen molar-refractivity contribution < 1.29 is 19.4 Å². The van der Waals surface area contributed by atoms with Crippen molar-refractivity contribution in [1.29, 1.82) is 0 Å². The maximum Gasteiger partial charge on any atom is 0.338 e. The van der Waals surface area contributed by atoms with Gasteiger partial charge in [0.2, 0.25) is 0 Å². The molecule has 0 aliphatic carbocycles. The smallest absolute Gasteiger partial charge is 0.338 e. The fourth-order valence-electron chi connectivity index (χ4n) is 2.85. The first-order valence-electron chi connectivity index (χ1n) is 8.42. The summed E-state index contributed by atoms with van der Waals surface area (Å²) >= 11 is 0. The van der Waals surface area contributed by atoms with E-state index in [-0.39, 0.29) is 12.6 Å². The number of hydrogen-bond donors (Lipinski definition) is 1. The molecule has 1 aromatic carbocycles. The van der Waals surface area contributed by atoms with Crippen LogP contribution < -0.4 is 4.74 Å². The normalized spacial score (nSPS) is 20.0. The lowest BCUT2D eigenvalue weighted by atomic mass is 10.0. The highest BCUT2D eigenvalue weighted by molar-refractivity contribution is 5.89. The molecule has 23 heavy (non-hydrogen) atoms. The first-order valence-corrected chi connectivity index (χ1v) is 8.42. The number of carbonyl (C=O) groups is 1. The Hall–Kier alpha value is -1.59. The van der Waals surface area contributed by atoms with E-state index in [1.807, 2.05) is 0 Å². The van der Waals surface area contributed by atoms with Crippen LogP contribution in [-0.4, -0.2) is 54.4 Å². The number of rotatable bonds is 7. The Labute approximate surface area is 138 Å². The van der Waals surface area contributed by atoms with Gasteiger partial charge in [-0.25, -0.2) is 4.79 Å². The molecule has 0 radical (unpaired) electrons. The Bertz CT molecular complexity index is 488. The van der Waals surface area contributed by atoms with Gasteiger partial charge in [-0.05, 0) is 57.5 Å². The summed E-state index contributed by atoms with van der Waals surface area (Å²) in [5, 5.41) is 10.2. The minimum Gasteiger partial charge on any atom is -0.491 e. The maximum atomic E-state index is 11.6. The minimum absolute atomic E-state index is 0.252. The number of piperidine rings is 1. The number of hydrogen-bond acceptors (Lipinski definition) is 5. The molecule has 128 valence electrons. The van der Waals surface area contributed by atoms with E-state index in [4.69, 9.17) is 9.47 Å². The Morgan fingerprint density at radius 2 is 2.09 bits per heavy atom. The molecule has 2 rings (SSSR count). The van der Waals surface area contributed by atoms with Crippen LogP contribution >= 0.6 is 0 Å². The van der Waals surface area contributed by atoms with E-state index in [1.165, 1.54) is 19.3 Å². The molecule has 0 aromatic heterocycles. The van der Waals surface area contributed by atoms with Gasteiger partial charge in [-0.2, -0.15) is 0 Å². The molecule has 2 atom stereocenters. The van der Waals surface area contributed by atoms with E-state index in [9.17, 15) is 9.90 Å². The fraction of sp³-hybridized carbons (Fsp3) is 0.611. The van der Waals surface area contributed by atoms with Gasteiger partial charge in [0, 0.05) is 12.6 Å². The number of nitrogens with zero attached hydrogens (tertiary/aromatic N) is 1. The lowest BCUT2D eigenvalue weighted by Gasteiger charge is -2.34. The van der Waals surface area contributed by atoms with Crippen molar-refractivity contribution >= 4 is 5.97 Å². The van der Waals surface area contributed by atoms with Crippen molar-refractivity contribution in [1.82, 2.24) is 4.90 Å². The van der Waals surface area contributed by atoms with Gasteiger partial charge in [-0.3, -0.25) is 4.90 Å². The van der Waals surface area contributed by atoms with Crippen LogP contribution in [0.4, 0.5) is 0 Å². The van der Waals surface area contributed by atoms with Gasteiger partial charge >= 0.3 is 5.97 Å². The maximum absolute atomic E-state index is 11.6. The average molecular weight is 321 g/mol. The summed E-state index contributed by atoms with van der Waals surface area (Å²) in [7, 11) is 0. The van der Waals surface area contributed by atoms with E-state index >= 15 is 0 Å². The molecule has 1 aromatic rings. The largest absolute Gasteiger partial charge is 0.491 e. The quantitative estimate of drug-likeness (QED) is 0.782. The number of ether oxygens (including phenoxy) is 2. The SMILES string of the molecule is CCOC(=O)c1ccc(OC[C@H](O)CN2CCCC[C@@H]2C)cc1. The molecular formula is C18H27NO4. The topological polar surface area (TPSA) is 59.0 Å². The second-order valence-electron chi connectivity index (χ2n) is 6.05. The zero-order valence-corrected chi connectivity index (χ0v) is 14.0. The van der Waals surface area contributed by atoms with Crippen LogP contribution in [0.3, 0.4) is 0 Å². The molecule has 0 spiro atoms. The molecule has 1 N–H and O–H groups in total. The van der Waals surface area contributed by atoms with Gasteiger partial charge in [0.05, 0.1) is 12.2 Å². The van der Waals surface area contributed by atoms with Gasteiger partial charge in [0.15, 0.2) is 0 Å². The lowest BCUT2D eigenvalue weighted by Crippen LogP contribution is -2.43. The zero-order chi connectivity index (χ0) is 16.7. The molecule has 0 bridgehead atoms. The molecule has 0 saturated carbocycles. The number of carbonyl (C=O) groups excluding carboxylic acids is 1. The highest BCUT2D eigenvalue weighted by atomic mass is 16.5. The van der Waals surface area contributed by atoms with Gasteiger partial charge in [-0.1, -0.05) is 6.42 Å². The van der Waals surface area contributed by atoms with Crippen molar-refractivity contribution in [3.05, 3.63) is 29.8 Å². The Balaban J connectivity index is 1.77. The van der Waals surface area contributed by atoms with E-state index in [2.05, 4.69) is 11.8 Å². The third-order valence-electron chi connectivity index (χ3n) is 4.19. The summed E-state index contributed by atoms with van der Waals surface area (Å²) in [6.45, 7) is 6.29. The first-order chi connectivity index (χ1) is 11.1. The number of likely N-dealkylation sites (tertiary alicyclic amines) is 1. The second-order valence-corrected chi connectivity index (χ2v) is 6.05. The van der Waals surface area contributed by atoms with E-state index in [0.29, 0.717) is 30.5 Å². The molecule has 5 nitrogen and oxygen atoms in total. The summed E-state index contributed by atoms with van der Waals surface area (Å²) in [5.74, 6) is 0.307. The van der Waals surface area contributed by atoms with Gasteiger partial charge < -0.3 is 14.6 Å². The molecule has 0 unspecified atom stereocenters. The summed E-state index contributed by atoms with van der Waals surface area (Å²) in [5.41, 5.74) is 0.502. The number of aliphatic hydroxyl groups is 1. The Morgan fingerprint density at radius 3 is 2.74 bits per heavy atom. The van der Waals surface area contributed by atoms with Gasteiger partial charge in [0.25, 0.3) is 0 Å². The lowest BCUT2D eigenvalue weighted by molar-refractivity contribution is 0.0437. The van der Waals surface area contributed by atoms with Crippen LogP contribution in [0.15, 0.2) is 24.3 Å². The van der Waals surface area contributed by atoms with Gasteiger partial charge in [-0.15, -0.1) is 0 Å². The van der Waals surface area contributed by atoms with E-state index < -0.39 is 6.10 Å². The summed E-state index contributed by atoms with van der Waals surface area (Å²) in [6.07, 6.45) is 3.16. The standard InChI is InChI=1S/C18H27NO4/c1-3-22-18(21)15-7-9-17(10-8-15)23-13-16(20)12-19-11-5-4-6-14(19)2/h7-10,14,16,20H,3-6,11-13H2,1-2H3/t14-,16+/m0/s1. The van der Waals surface area contributed by atoms with Crippen LogP contribution in [0.25, 0.3) is 0 Å². The number of benzene rings is 1. The van der Waals surface area contributed by atoms with Crippen LogP contribution in [0.5, 0.6) is 5.75 Å². The van der Waals surface area contributed by atoms with Crippen molar-refractivity contribution in [3.63, 3.8) is 0 Å². The second kappa shape index (κ2) is 8.89. The summed E-state index contributed by atoms with van der Waals surface area (Å²) in [6, 6.07) is 7.33. The minimum atomic E-state index is -0.514. The molecule has 1 aliphatic rings. The number of aliphatic hydroxyl groups excluding tert-OH is 1. The third kappa shape index (κ3) is 5.52. The van der Waals surface area contributed by atoms with Crippen LogP contribution in [0.1, 0.15) is 43.5 Å². The van der Waals surface area contributed by atoms with Crippen molar-refractivity contribution in [2.24, 2.45) is 0 Å². The summed E-state index contributed by atoms with van der Waals surface area (Å²) < 4.78 is 10.5. The van der Waals surface area contributed by atoms with Crippen molar-refractivity contribution in [3.8, 4) is 5.75 Å². The summed E-state index contributed by atoms with van der Waals surface area (Å²) in [4.78, 5) is 13.9. The molecule has 0 amide bonds. The molecule has 1 heterocycles. The highest BCUT2D eigenvalue weighted by Gasteiger charge is 2.21. The number of esters is 1. The van der Waals surface area contributed by atoms with Gasteiger partial charge in [0.1, 0.15) is 18.5 Å². The highest BCUT2D eigenvalue weighted by Crippen LogP contribution is 2.17. The molecule has 1 fully saturated rings. The predicted octanol–water partition coefficient (Wildman–Crippen LogP) is 2.48. The molecular weight excluding hydrogens is 294 g/mol. The Morgan fingerprint density at radius 1 is 1.35 bits per heavy atom. The van der Waals surface area contributed by atoms with E-state index in [0.717, 1.165) is 6.54 Å². The zero-order valence-electron chi connectivity index (χ0n) is 14.0. The Kier molecular flexibility index (Phi) is 6.86. The van der Waals surface area contributed by atoms with E-state index in [1.54, 1.807) is 31.2 Å². The first kappa shape index (κ1) is 17.8. The van der Waals surface area contributed by atoms with Crippen molar-refractivity contribution in [2.75, 3.05) is 26.3 Å². The van der Waals surface area contributed by atoms with Crippen LogP contribution in [0, 0.1) is 0 Å². The monoisotopic (exact) mass is 321 g/mol. The van der Waals surface area contributed by atoms with Crippen molar-refractivity contribution in [2.45, 2.75) is 45.3 Å². The predicted molar refractivity (Wildman–Crippen MR) is 88.8 cm³/mol. The van der Waals surface area contributed by atoms with Crippen LogP contribution in [-0.2, 0) is 4.74 Å². The molecule has 1 aliphatic heterocycles. The third-order valence-corrected chi connectivity index (χ3v) is 4.19. The van der Waals surface area contributed by atoms with Crippen LogP contribution in [0.2, 0.25) is 0 Å². The molecule has 1 saturated heterocycles.